The molecule has 1 atom stereocenters. The summed E-state index contributed by atoms with van der Waals surface area (Å²) in [6.45, 7) is 0. The number of rotatable bonds is 4. The van der Waals surface area contributed by atoms with Crippen molar-refractivity contribution in [2.75, 3.05) is 0 Å². The molecule has 3 heteroatoms. The van der Waals surface area contributed by atoms with Gasteiger partial charge in [0.25, 0.3) is 0 Å². The van der Waals surface area contributed by atoms with Gasteiger partial charge in [0, 0.05) is 21.9 Å². The fraction of sp³-hybridized carbons (Fsp3) is 0.211. The topological polar surface area (TPSA) is 17.1 Å². The van der Waals surface area contributed by atoms with Gasteiger partial charge in [-0.2, -0.15) is 0 Å². The van der Waals surface area contributed by atoms with Crippen LogP contribution in [0.2, 0.25) is 5.02 Å². The van der Waals surface area contributed by atoms with Crippen LogP contribution in [0.25, 0.3) is 0 Å². The lowest BCUT2D eigenvalue weighted by atomic mass is 9.92. The number of ketones is 1. The molecule has 0 heterocycles. The fourth-order valence-corrected chi connectivity index (χ4v) is 3.96. The summed E-state index contributed by atoms with van der Waals surface area (Å²) >= 11 is 7.68. The Morgan fingerprint density at radius 3 is 2.41 bits per heavy atom. The molecule has 0 spiro atoms. The van der Waals surface area contributed by atoms with Gasteiger partial charge in [0.2, 0.25) is 0 Å². The first kappa shape index (κ1) is 15.4. The lowest BCUT2D eigenvalue weighted by Crippen LogP contribution is -2.13. The molecule has 0 saturated carbocycles. The zero-order valence-electron chi connectivity index (χ0n) is 12.2. The van der Waals surface area contributed by atoms with Gasteiger partial charge in [0.05, 0.1) is 5.25 Å². The van der Waals surface area contributed by atoms with Crippen LogP contribution in [0.3, 0.4) is 0 Å². The van der Waals surface area contributed by atoms with Crippen molar-refractivity contribution < 1.29 is 4.79 Å². The molecule has 3 rings (SSSR count). The molecule has 0 aliphatic heterocycles. The number of Topliss-reactive ketones (excluding diaryl/α,β-unsaturated/α-hetero) is 1. The minimum Gasteiger partial charge on any atom is -0.295 e. The maximum absolute atomic E-state index is 12.4. The Morgan fingerprint density at radius 1 is 1.00 bits per heavy atom. The molecule has 0 fully saturated rings. The van der Waals surface area contributed by atoms with Gasteiger partial charge in [-0.3, -0.25) is 4.79 Å². The molecule has 2 aromatic rings. The van der Waals surface area contributed by atoms with E-state index in [1.165, 1.54) is 5.56 Å². The van der Waals surface area contributed by atoms with E-state index < -0.39 is 0 Å². The van der Waals surface area contributed by atoms with E-state index in [4.69, 9.17) is 11.6 Å². The van der Waals surface area contributed by atoms with Crippen molar-refractivity contribution in [1.29, 1.82) is 0 Å². The van der Waals surface area contributed by atoms with Crippen LogP contribution in [-0.4, -0.2) is 5.78 Å². The predicted molar refractivity (Wildman–Crippen MR) is 93.4 cm³/mol. The monoisotopic (exact) mass is 328 g/mol. The quantitative estimate of drug-likeness (QED) is 0.654. The molecule has 22 heavy (non-hydrogen) atoms. The molecule has 1 aliphatic carbocycles. The van der Waals surface area contributed by atoms with Gasteiger partial charge in [0.1, 0.15) is 0 Å². The number of halogens is 1. The molecule has 1 nitrogen and oxygen atoms in total. The first-order valence-electron chi connectivity index (χ1n) is 7.44. The van der Waals surface area contributed by atoms with Gasteiger partial charge in [-0.25, -0.2) is 0 Å². The molecule has 0 bridgehead atoms. The second-order valence-corrected chi connectivity index (χ2v) is 6.95. The first-order valence-corrected chi connectivity index (χ1v) is 8.70. The lowest BCUT2D eigenvalue weighted by molar-refractivity contribution is -0.116. The minimum atomic E-state index is 0.0511. The highest BCUT2D eigenvalue weighted by Gasteiger charge is 2.25. The third-order valence-electron chi connectivity index (χ3n) is 3.75. The van der Waals surface area contributed by atoms with E-state index in [0.29, 0.717) is 6.42 Å². The number of allylic oxidation sites excluding steroid dienone is 1. The van der Waals surface area contributed by atoms with E-state index in [9.17, 15) is 4.79 Å². The van der Waals surface area contributed by atoms with E-state index in [1.807, 2.05) is 42.5 Å². The van der Waals surface area contributed by atoms with Gasteiger partial charge in [0.15, 0.2) is 5.78 Å². The van der Waals surface area contributed by atoms with E-state index in [2.05, 4.69) is 18.2 Å². The summed E-state index contributed by atoms with van der Waals surface area (Å²) in [4.78, 5) is 13.5. The van der Waals surface area contributed by atoms with Crippen LogP contribution in [0.1, 0.15) is 30.1 Å². The third kappa shape index (κ3) is 3.63. The largest absolute Gasteiger partial charge is 0.295 e. The smallest absolute Gasteiger partial charge is 0.160 e. The Morgan fingerprint density at radius 2 is 1.73 bits per heavy atom. The third-order valence-corrected chi connectivity index (χ3v) is 5.30. The van der Waals surface area contributed by atoms with Gasteiger partial charge in [-0.15, -0.1) is 11.8 Å². The van der Waals surface area contributed by atoms with Crippen LogP contribution in [0.5, 0.6) is 0 Å². The van der Waals surface area contributed by atoms with Crippen LogP contribution in [-0.2, 0) is 4.79 Å². The standard InChI is InChI=1S/C19H17ClOS/c20-15-10-12-16(13-11-15)22-19(14-6-2-1-3-7-14)17-8-4-5-9-18(17)21/h1-3,6-8,10-13,19H,4-5,9H2. The summed E-state index contributed by atoms with van der Waals surface area (Å²) in [5, 5.41) is 0.781. The Bertz CT molecular complexity index is 676. The molecule has 2 aromatic carbocycles. The summed E-state index contributed by atoms with van der Waals surface area (Å²) < 4.78 is 0. The molecule has 0 amide bonds. The molecule has 0 radical (unpaired) electrons. The van der Waals surface area contributed by atoms with Crippen molar-refractivity contribution in [3.63, 3.8) is 0 Å². The average molecular weight is 329 g/mol. The predicted octanol–water partition coefficient (Wildman–Crippen LogP) is 5.85. The Labute approximate surface area is 140 Å². The Hall–Kier alpha value is -1.51. The fourth-order valence-electron chi connectivity index (χ4n) is 2.62. The van der Waals surface area contributed by atoms with Crippen molar-refractivity contribution in [3.8, 4) is 0 Å². The summed E-state index contributed by atoms with van der Waals surface area (Å²) in [5.41, 5.74) is 2.11. The van der Waals surface area contributed by atoms with Gasteiger partial charge >= 0.3 is 0 Å². The molecular formula is C19H17ClOS. The second-order valence-electron chi connectivity index (χ2n) is 5.34. The summed E-state index contributed by atoms with van der Waals surface area (Å²) in [7, 11) is 0. The number of carbonyl (C=O) groups excluding carboxylic acids is 1. The summed E-state index contributed by atoms with van der Waals surface area (Å²) in [6.07, 6.45) is 4.74. The van der Waals surface area contributed by atoms with Crippen LogP contribution in [0.15, 0.2) is 71.1 Å². The zero-order chi connectivity index (χ0) is 15.4. The minimum absolute atomic E-state index is 0.0511. The van der Waals surface area contributed by atoms with Crippen molar-refractivity contribution in [2.45, 2.75) is 29.4 Å². The first-order chi connectivity index (χ1) is 10.7. The second kappa shape index (κ2) is 7.17. The van der Waals surface area contributed by atoms with Crippen molar-refractivity contribution in [1.82, 2.24) is 0 Å². The highest BCUT2D eigenvalue weighted by molar-refractivity contribution is 7.99. The molecular weight excluding hydrogens is 312 g/mol. The highest BCUT2D eigenvalue weighted by atomic mass is 35.5. The van der Waals surface area contributed by atoms with E-state index in [1.54, 1.807) is 11.8 Å². The van der Waals surface area contributed by atoms with Crippen LogP contribution >= 0.6 is 23.4 Å². The Kier molecular flexibility index (Phi) is 5.01. The maximum Gasteiger partial charge on any atom is 0.160 e. The van der Waals surface area contributed by atoms with E-state index >= 15 is 0 Å². The van der Waals surface area contributed by atoms with Crippen LogP contribution in [0.4, 0.5) is 0 Å². The highest BCUT2D eigenvalue weighted by Crippen LogP contribution is 2.42. The van der Waals surface area contributed by atoms with E-state index in [-0.39, 0.29) is 11.0 Å². The SMILES string of the molecule is O=C1CCCC=C1C(Sc1ccc(Cl)cc1)c1ccccc1. The van der Waals surface area contributed by atoms with Gasteiger partial charge in [-0.1, -0.05) is 48.0 Å². The molecule has 0 saturated heterocycles. The molecule has 112 valence electrons. The van der Waals surface area contributed by atoms with Gasteiger partial charge < -0.3 is 0 Å². The van der Waals surface area contributed by atoms with Gasteiger partial charge in [-0.05, 0) is 42.7 Å². The number of thioether (sulfide) groups is 1. The van der Waals surface area contributed by atoms with E-state index in [0.717, 1.165) is 28.3 Å². The number of hydrogen-bond acceptors (Lipinski definition) is 2. The van der Waals surface area contributed by atoms with Crippen molar-refractivity contribution in [2.24, 2.45) is 0 Å². The van der Waals surface area contributed by atoms with Crippen molar-refractivity contribution >= 4 is 29.1 Å². The van der Waals surface area contributed by atoms with Crippen molar-refractivity contribution in [3.05, 3.63) is 76.8 Å². The lowest BCUT2D eigenvalue weighted by Gasteiger charge is -2.22. The average Bonchev–Trinajstić information content (AvgIpc) is 2.56. The number of benzene rings is 2. The summed E-state index contributed by atoms with van der Waals surface area (Å²) in [5.74, 6) is 0.279. The maximum atomic E-state index is 12.4. The zero-order valence-corrected chi connectivity index (χ0v) is 13.7. The molecule has 0 aromatic heterocycles. The molecule has 0 N–H and O–H groups in total. The molecule has 1 aliphatic rings. The normalized spacial score (nSPS) is 16.2. The number of hydrogen-bond donors (Lipinski definition) is 0. The number of carbonyl (C=O) groups is 1. The van der Waals surface area contributed by atoms with Crippen LogP contribution < -0.4 is 0 Å². The Balaban J connectivity index is 1.94. The summed E-state index contributed by atoms with van der Waals surface area (Å²) in [6, 6.07) is 18.0. The molecule has 1 unspecified atom stereocenters. The van der Waals surface area contributed by atoms with Crippen LogP contribution in [0, 0.1) is 0 Å².